The Morgan fingerprint density at radius 1 is 0.863 bits per heavy atom. The zero-order chi connectivity index (χ0) is 37.1. The number of hydrogen-bond acceptors (Lipinski definition) is 8. The number of phenols is 1. The second kappa shape index (κ2) is 11.5. The third kappa shape index (κ3) is 4.41. The van der Waals surface area contributed by atoms with Gasteiger partial charge in [0.15, 0.2) is 33.0 Å². The fraction of sp³-hybridized carbons (Fsp3) is 0.273. The molecule has 6 atom stereocenters. The summed E-state index contributed by atoms with van der Waals surface area (Å²) in [5.41, 5.74) is -2.09. The molecule has 6 unspecified atom stereocenters. The molecule has 2 aliphatic heterocycles. The predicted octanol–water partition coefficient (Wildman–Crippen LogP) is 5.77. The van der Waals surface area contributed by atoms with Crippen LogP contribution >= 0.6 is 23.2 Å². The number of aromatic hydroxyl groups is 1. The molecule has 51 heavy (non-hydrogen) atoms. The summed E-state index contributed by atoms with van der Waals surface area (Å²) in [5, 5.41) is 21.4. The van der Waals surface area contributed by atoms with E-state index in [0.29, 0.717) is 0 Å². The van der Waals surface area contributed by atoms with E-state index in [1.165, 1.54) is 31.4 Å². The van der Waals surface area contributed by atoms with Crippen molar-refractivity contribution in [2.45, 2.75) is 28.5 Å². The third-order valence-corrected chi connectivity index (χ3v) is 11.5. The largest absolute Gasteiger partial charge is 0.508 e. The minimum absolute atomic E-state index is 0.00370. The molecule has 3 fully saturated rings. The number of alkyl halides is 2. The van der Waals surface area contributed by atoms with Crippen LogP contribution in [0, 0.1) is 57.0 Å². The Labute approximate surface area is 292 Å². The number of fused-ring (bicyclic) bond motifs is 4. The van der Waals surface area contributed by atoms with Gasteiger partial charge in [-0.2, -0.15) is 0 Å². The summed E-state index contributed by atoms with van der Waals surface area (Å²) >= 11 is 14.2. The van der Waals surface area contributed by atoms with E-state index in [2.05, 4.69) is 0 Å². The van der Waals surface area contributed by atoms with E-state index in [0.717, 1.165) is 29.2 Å². The second-order valence-corrected chi connectivity index (χ2v) is 13.6. The van der Waals surface area contributed by atoms with E-state index in [4.69, 9.17) is 27.9 Å². The number of non-ortho nitro benzene ring substituents is 1. The lowest BCUT2D eigenvalue weighted by Gasteiger charge is -2.50. The fourth-order valence-corrected chi connectivity index (χ4v) is 8.76. The number of phenolic OH excluding ortho intramolecular Hbond substituents is 1. The molecule has 0 bridgehead atoms. The van der Waals surface area contributed by atoms with Crippen LogP contribution < -0.4 is 14.5 Å². The number of halogens is 7. The molecule has 0 radical (unpaired) electrons. The molecule has 0 spiro atoms. The zero-order valence-electron chi connectivity index (χ0n) is 25.6. The van der Waals surface area contributed by atoms with E-state index in [1.807, 2.05) is 0 Å². The van der Waals surface area contributed by atoms with Crippen molar-refractivity contribution in [2.24, 2.45) is 17.8 Å². The summed E-state index contributed by atoms with van der Waals surface area (Å²) < 4.78 is 78.7. The number of benzene rings is 3. The number of anilines is 2. The molecule has 3 aromatic rings. The molecular weight excluding hydrogens is 732 g/mol. The Morgan fingerprint density at radius 2 is 1.47 bits per heavy atom. The number of nitro groups is 1. The van der Waals surface area contributed by atoms with Gasteiger partial charge in [0.25, 0.3) is 17.5 Å². The number of hydrogen-bond donors (Lipinski definition) is 1. The summed E-state index contributed by atoms with van der Waals surface area (Å²) in [6.07, 6.45) is 0.630. The normalized spacial score (nSPS) is 28.4. The molecule has 3 aromatic carbocycles. The van der Waals surface area contributed by atoms with E-state index < -0.39 is 103 Å². The van der Waals surface area contributed by atoms with Gasteiger partial charge in [-0.1, -0.05) is 17.7 Å². The lowest BCUT2D eigenvalue weighted by molar-refractivity contribution is -0.384. The first kappa shape index (κ1) is 34.4. The Hall–Kier alpha value is -5.09. The van der Waals surface area contributed by atoms with Crippen molar-refractivity contribution in [3.8, 4) is 11.5 Å². The summed E-state index contributed by atoms with van der Waals surface area (Å²) in [4.78, 5) is 62.1. The van der Waals surface area contributed by atoms with E-state index in [9.17, 15) is 47.6 Å². The number of methoxy groups -OCH3 is 1. The molecule has 1 N–H and O–H groups in total. The molecule has 0 aromatic heterocycles. The van der Waals surface area contributed by atoms with Crippen molar-refractivity contribution >= 4 is 63.9 Å². The predicted molar refractivity (Wildman–Crippen MR) is 167 cm³/mol. The van der Waals surface area contributed by atoms with Crippen molar-refractivity contribution in [3.05, 3.63) is 98.9 Å². The first-order valence-corrected chi connectivity index (χ1v) is 15.7. The van der Waals surface area contributed by atoms with E-state index in [-0.39, 0.29) is 45.3 Å². The number of imide groups is 2. The standard InChI is InChI=1S/C33H20Cl2F5N3O8/c1-51-19-10-14(44)6-7-16(19)21-15-8-9-17-20(29(46)41(28(17)45)12-2-4-13(5-3-12)43(49)50)18(15)11-32(34)30(47)42(31(48)33(21,32)35)27-25(39)23(37)22(36)24(38)26(27)40/h2-8,10,17-18,20-21,44H,9,11H2,1H3. The Balaban J connectivity index is 1.42. The minimum Gasteiger partial charge on any atom is -0.508 e. The Kier molecular flexibility index (Phi) is 7.72. The van der Waals surface area contributed by atoms with Crippen LogP contribution in [0.3, 0.4) is 0 Å². The van der Waals surface area contributed by atoms with Crippen LogP contribution in [0.5, 0.6) is 11.5 Å². The van der Waals surface area contributed by atoms with Gasteiger partial charge in [-0.25, -0.2) is 26.9 Å². The van der Waals surface area contributed by atoms with Gasteiger partial charge >= 0.3 is 0 Å². The highest BCUT2D eigenvalue weighted by atomic mass is 35.5. The van der Waals surface area contributed by atoms with Gasteiger partial charge in [0.2, 0.25) is 17.6 Å². The second-order valence-electron chi connectivity index (χ2n) is 12.4. The molecular formula is C33H20Cl2F5N3O8. The Morgan fingerprint density at radius 3 is 2.06 bits per heavy atom. The number of rotatable bonds is 5. The molecule has 1 saturated carbocycles. The number of nitrogens with zero attached hydrogens (tertiary/aromatic N) is 3. The highest BCUT2D eigenvalue weighted by molar-refractivity contribution is 6.58. The fourth-order valence-electron chi connectivity index (χ4n) is 7.83. The summed E-state index contributed by atoms with van der Waals surface area (Å²) in [6, 6.07) is 8.08. The van der Waals surface area contributed by atoms with Gasteiger partial charge in [-0.05, 0) is 37.0 Å². The van der Waals surface area contributed by atoms with Gasteiger partial charge < -0.3 is 9.84 Å². The number of ether oxygens (including phenoxy) is 1. The molecule has 18 heteroatoms. The van der Waals surface area contributed by atoms with Crippen LogP contribution in [-0.4, -0.2) is 50.5 Å². The van der Waals surface area contributed by atoms with Crippen LogP contribution in [0.25, 0.3) is 0 Å². The van der Waals surface area contributed by atoms with E-state index in [1.54, 1.807) is 0 Å². The third-order valence-electron chi connectivity index (χ3n) is 10.1. The van der Waals surface area contributed by atoms with Crippen molar-refractivity contribution in [1.82, 2.24) is 0 Å². The van der Waals surface area contributed by atoms with Gasteiger partial charge in [-0.3, -0.25) is 34.2 Å². The lowest BCUT2D eigenvalue weighted by atomic mass is 9.56. The maximum atomic E-state index is 15.2. The van der Waals surface area contributed by atoms with Crippen molar-refractivity contribution < 1.29 is 55.9 Å². The molecule has 11 nitrogen and oxygen atoms in total. The van der Waals surface area contributed by atoms with E-state index >= 15 is 8.78 Å². The maximum Gasteiger partial charge on any atom is 0.269 e. The average Bonchev–Trinajstić information content (AvgIpc) is 3.44. The van der Waals surface area contributed by atoms with Crippen LogP contribution in [0.2, 0.25) is 0 Å². The average molecular weight is 752 g/mol. The smallest absolute Gasteiger partial charge is 0.269 e. The molecule has 7 rings (SSSR count). The van der Waals surface area contributed by atoms with Crippen LogP contribution in [0.4, 0.5) is 39.0 Å². The van der Waals surface area contributed by atoms with Gasteiger partial charge in [0.05, 0.1) is 29.6 Å². The number of carbonyl (C=O) groups excluding carboxylic acids is 4. The number of allylic oxidation sites excluding steroid dienone is 2. The SMILES string of the molecule is COc1cc(O)ccc1C1C2=CCC3C(=O)N(c4ccc([N+](=O)[O-])cc4)C(=O)C3C2CC2(Cl)C(=O)N(c3c(F)c(F)c(F)c(F)c3F)C(=O)C12Cl. The van der Waals surface area contributed by atoms with Crippen LogP contribution in [0.15, 0.2) is 54.1 Å². The lowest BCUT2D eigenvalue weighted by Crippen LogP contribution is -2.60. The Bertz CT molecular complexity index is 2140. The molecule has 2 heterocycles. The molecule has 2 aliphatic carbocycles. The maximum absolute atomic E-state index is 15.2. The van der Waals surface area contributed by atoms with Gasteiger partial charge in [0.1, 0.15) is 17.2 Å². The van der Waals surface area contributed by atoms with Crippen molar-refractivity contribution in [2.75, 3.05) is 16.9 Å². The van der Waals surface area contributed by atoms with Crippen LogP contribution in [-0.2, 0) is 19.2 Å². The summed E-state index contributed by atoms with van der Waals surface area (Å²) in [5.74, 6) is -23.0. The topological polar surface area (TPSA) is 147 Å². The van der Waals surface area contributed by atoms with Gasteiger partial charge in [-0.15, -0.1) is 23.2 Å². The summed E-state index contributed by atoms with van der Waals surface area (Å²) in [7, 11) is 1.18. The first-order valence-electron chi connectivity index (χ1n) is 15.0. The highest BCUT2D eigenvalue weighted by Crippen LogP contribution is 2.67. The van der Waals surface area contributed by atoms with Crippen LogP contribution in [0.1, 0.15) is 24.3 Å². The zero-order valence-corrected chi connectivity index (χ0v) is 27.1. The number of nitro benzene ring substituents is 1. The monoisotopic (exact) mass is 751 g/mol. The van der Waals surface area contributed by atoms with Gasteiger partial charge in [0, 0.05) is 29.7 Å². The van der Waals surface area contributed by atoms with Crippen molar-refractivity contribution in [3.63, 3.8) is 0 Å². The molecule has 4 aliphatic rings. The molecule has 2 saturated heterocycles. The highest BCUT2D eigenvalue weighted by Gasteiger charge is 2.77. The quantitative estimate of drug-likeness (QED) is 0.0505. The molecule has 264 valence electrons. The number of carbonyl (C=O) groups is 4. The molecule has 4 amide bonds. The first-order chi connectivity index (χ1) is 24.0. The summed E-state index contributed by atoms with van der Waals surface area (Å²) in [6.45, 7) is 0. The van der Waals surface area contributed by atoms with Crippen molar-refractivity contribution in [1.29, 1.82) is 0 Å². The number of amides is 4. The minimum atomic E-state index is -2.78.